The second kappa shape index (κ2) is 6.02. The molecule has 1 aliphatic rings. The van der Waals surface area contributed by atoms with Crippen LogP contribution in [0.25, 0.3) is 11.1 Å². The fourth-order valence-electron chi connectivity index (χ4n) is 2.95. The summed E-state index contributed by atoms with van der Waals surface area (Å²) in [6.45, 7) is 0. The van der Waals surface area contributed by atoms with E-state index in [9.17, 15) is 4.79 Å². The quantitative estimate of drug-likeness (QED) is 0.751. The number of ether oxygens (including phenoxy) is 1. The number of methoxy groups -OCH3 is 1. The van der Waals surface area contributed by atoms with Gasteiger partial charge in [0, 0.05) is 16.5 Å². The summed E-state index contributed by atoms with van der Waals surface area (Å²) in [5.74, 6) is 0.679. The Labute approximate surface area is 144 Å². The third kappa shape index (κ3) is 2.43. The van der Waals surface area contributed by atoms with Gasteiger partial charge in [0.1, 0.15) is 16.9 Å². The van der Waals surface area contributed by atoms with Crippen LogP contribution in [-0.4, -0.2) is 13.0 Å². The third-order valence-corrected chi connectivity index (χ3v) is 5.01. The van der Waals surface area contributed by atoms with Crippen LogP contribution in [0, 0.1) is 0 Å². The molecule has 0 bridgehead atoms. The molecule has 2 heterocycles. The van der Waals surface area contributed by atoms with E-state index in [1.165, 1.54) is 0 Å². The van der Waals surface area contributed by atoms with Gasteiger partial charge in [0.2, 0.25) is 0 Å². The van der Waals surface area contributed by atoms with E-state index in [4.69, 9.17) is 4.74 Å². The number of anilines is 1. The van der Waals surface area contributed by atoms with E-state index in [-0.39, 0.29) is 12.1 Å². The zero-order chi connectivity index (χ0) is 16.5. The molecule has 0 spiro atoms. The average molecular weight is 336 g/mol. The Kier molecular flexibility index (Phi) is 3.70. The van der Waals surface area contributed by atoms with Gasteiger partial charge in [-0.2, -0.15) is 0 Å². The lowest BCUT2D eigenvalue weighted by Gasteiger charge is -2.27. The zero-order valence-electron chi connectivity index (χ0n) is 13.1. The molecule has 1 atom stereocenters. The monoisotopic (exact) mass is 336 g/mol. The van der Waals surface area contributed by atoms with Crippen molar-refractivity contribution in [2.45, 2.75) is 6.17 Å². The summed E-state index contributed by atoms with van der Waals surface area (Å²) < 4.78 is 5.41. The van der Waals surface area contributed by atoms with E-state index < -0.39 is 0 Å². The van der Waals surface area contributed by atoms with Crippen LogP contribution in [0.3, 0.4) is 0 Å². The van der Waals surface area contributed by atoms with Crippen molar-refractivity contribution in [3.8, 4) is 16.9 Å². The van der Waals surface area contributed by atoms with Crippen molar-refractivity contribution >= 4 is 22.2 Å². The minimum atomic E-state index is -0.302. The Morgan fingerprint density at radius 2 is 1.75 bits per heavy atom. The summed E-state index contributed by atoms with van der Waals surface area (Å²) in [5, 5.41) is 9.36. The third-order valence-electron chi connectivity index (χ3n) is 4.10. The van der Waals surface area contributed by atoms with E-state index in [2.05, 4.69) is 10.6 Å². The number of amides is 1. The molecule has 24 heavy (non-hydrogen) atoms. The predicted octanol–water partition coefficient (Wildman–Crippen LogP) is 4.28. The van der Waals surface area contributed by atoms with Gasteiger partial charge in [-0.15, -0.1) is 11.3 Å². The number of hydrogen-bond acceptors (Lipinski definition) is 4. The van der Waals surface area contributed by atoms with Crippen LogP contribution in [-0.2, 0) is 0 Å². The highest BCUT2D eigenvalue weighted by molar-refractivity contribution is 7.15. The summed E-state index contributed by atoms with van der Waals surface area (Å²) >= 11 is 1.55. The van der Waals surface area contributed by atoms with Gasteiger partial charge in [0.05, 0.1) is 12.7 Å². The van der Waals surface area contributed by atoms with Gasteiger partial charge < -0.3 is 15.4 Å². The Morgan fingerprint density at radius 1 is 1.00 bits per heavy atom. The van der Waals surface area contributed by atoms with Crippen LogP contribution in [0.2, 0.25) is 0 Å². The Morgan fingerprint density at radius 3 is 2.54 bits per heavy atom. The average Bonchev–Trinajstić information content (AvgIpc) is 3.07. The second-order valence-corrected chi connectivity index (χ2v) is 6.39. The number of rotatable bonds is 3. The van der Waals surface area contributed by atoms with Crippen molar-refractivity contribution in [2.75, 3.05) is 12.4 Å². The van der Waals surface area contributed by atoms with Gasteiger partial charge in [0.25, 0.3) is 5.91 Å². The molecule has 120 valence electrons. The first kappa shape index (κ1) is 14.8. The second-order valence-electron chi connectivity index (χ2n) is 5.51. The van der Waals surface area contributed by atoms with Gasteiger partial charge in [0.15, 0.2) is 0 Å². The van der Waals surface area contributed by atoms with Crippen molar-refractivity contribution < 1.29 is 9.53 Å². The molecule has 2 N–H and O–H groups in total. The minimum Gasteiger partial charge on any atom is -0.496 e. The first-order valence-corrected chi connectivity index (χ1v) is 8.53. The number of fused-ring (bicyclic) bond motifs is 1. The number of benzene rings is 2. The SMILES string of the molecule is COc1ccccc1[C@@H]1NC(=O)c2c(-c3ccccc3)csc2N1. The van der Waals surface area contributed by atoms with Crippen molar-refractivity contribution in [2.24, 2.45) is 0 Å². The molecule has 2 aromatic carbocycles. The molecule has 1 aliphatic heterocycles. The molecule has 1 amide bonds. The molecule has 1 aromatic heterocycles. The number of carbonyl (C=O) groups excluding carboxylic acids is 1. The zero-order valence-corrected chi connectivity index (χ0v) is 13.9. The Hall–Kier alpha value is -2.79. The van der Waals surface area contributed by atoms with E-state index >= 15 is 0 Å². The topological polar surface area (TPSA) is 50.4 Å². The highest BCUT2D eigenvalue weighted by atomic mass is 32.1. The molecule has 3 aromatic rings. The van der Waals surface area contributed by atoms with Crippen molar-refractivity contribution in [1.82, 2.24) is 5.32 Å². The van der Waals surface area contributed by atoms with Crippen LogP contribution < -0.4 is 15.4 Å². The van der Waals surface area contributed by atoms with Crippen LogP contribution >= 0.6 is 11.3 Å². The fraction of sp³-hybridized carbons (Fsp3) is 0.105. The molecule has 0 saturated heterocycles. The first-order valence-electron chi connectivity index (χ1n) is 7.65. The lowest BCUT2D eigenvalue weighted by atomic mass is 10.0. The summed E-state index contributed by atoms with van der Waals surface area (Å²) in [6.07, 6.45) is -0.302. The summed E-state index contributed by atoms with van der Waals surface area (Å²) in [4.78, 5) is 12.7. The number of carbonyl (C=O) groups is 1. The fourth-order valence-corrected chi connectivity index (χ4v) is 3.95. The number of thiophene rings is 1. The molecule has 0 saturated carbocycles. The van der Waals surface area contributed by atoms with Crippen LogP contribution in [0.1, 0.15) is 22.1 Å². The van der Waals surface area contributed by atoms with E-state index in [1.807, 2.05) is 60.0 Å². The summed E-state index contributed by atoms with van der Waals surface area (Å²) in [7, 11) is 1.63. The van der Waals surface area contributed by atoms with Crippen molar-refractivity contribution in [1.29, 1.82) is 0 Å². The maximum atomic E-state index is 12.7. The molecule has 0 radical (unpaired) electrons. The van der Waals surface area contributed by atoms with Crippen LogP contribution in [0.15, 0.2) is 60.0 Å². The molecule has 4 nitrogen and oxygen atoms in total. The van der Waals surface area contributed by atoms with Gasteiger partial charge in [-0.3, -0.25) is 4.79 Å². The Bertz CT molecular complexity index is 889. The molecular formula is C19H16N2O2S. The normalized spacial score (nSPS) is 16.0. The van der Waals surface area contributed by atoms with Gasteiger partial charge in [-0.05, 0) is 11.6 Å². The predicted molar refractivity (Wildman–Crippen MR) is 96.6 cm³/mol. The molecule has 5 heteroatoms. The van der Waals surface area contributed by atoms with E-state index in [0.29, 0.717) is 5.56 Å². The maximum Gasteiger partial charge on any atom is 0.256 e. The number of para-hydroxylation sites is 1. The van der Waals surface area contributed by atoms with Crippen LogP contribution in [0.4, 0.5) is 5.00 Å². The summed E-state index contributed by atoms with van der Waals surface area (Å²) in [6, 6.07) is 17.6. The number of nitrogens with one attached hydrogen (secondary N) is 2. The Balaban J connectivity index is 1.72. The lowest BCUT2D eigenvalue weighted by molar-refractivity contribution is 0.0936. The number of hydrogen-bond donors (Lipinski definition) is 2. The minimum absolute atomic E-state index is 0.0697. The molecule has 0 fully saturated rings. The molecular weight excluding hydrogens is 320 g/mol. The standard InChI is InChI=1S/C19H16N2O2S/c1-23-15-10-6-5-9-13(15)17-20-18(22)16-14(11-24-19(16)21-17)12-7-3-2-4-8-12/h2-11,17,21H,1H3,(H,20,22)/t17-/m1/s1. The van der Waals surface area contributed by atoms with Gasteiger partial charge in [-0.25, -0.2) is 0 Å². The summed E-state index contributed by atoms with van der Waals surface area (Å²) in [5.41, 5.74) is 3.62. The van der Waals surface area contributed by atoms with E-state index in [0.717, 1.165) is 27.4 Å². The highest BCUT2D eigenvalue weighted by Gasteiger charge is 2.30. The lowest BCUT2D eigenvalue weighted by Crippen LogP contribution is -2.38. The maximum absolute atomic E-state index is 12.7. The molecule has 0 unspecified atom stereocenters. The highest BCUT2D eigenvalue weighted by Crippen LogP contribution is 2.40. The van der Waals surface area contributed by atoms with Crippen molar-refractivity contribution in [3.63, 3.8) is 0 Å². The van der Waals surface area contributed by atoms with Gasteiger partial charge >= 0.3 is 0 Å². The van der Waals surface area contributed by atoms with E-state index in [1.54, 1.807) is 18.4 Å². The van der Waals surface area contributed by atoms with Crippen LogP contribution in [0.5, 0.6) is 5.75 Å². The molecule has 4 rings (SSSR count). The van der Waals surface area contributed by atoms with Crippen molar-refractivity contribution in [3.05, 3.63) is 71.1 Å². The largest absolute Gasteiger partial charge is 0.496 e. The van der Waals surface area contributed by atoms with Gasteiger partial charge in [-0.1, -0.05) is 48.5 Å². The first-order chi connectivity index (χ1) is 11.8. The smallest absolute Gasteiger partial charge is 0.256 e. The molecule has 0 aliphatic carbocycles.